The number of oxazole rings is 1. The Hall–Kier alpha value is -3.74. The molecule has 4 rings (SSSR count). The van der Waals surface area contributed by atoms with Crippen LogP contribution in [0.15, 0.2) is 71.6 Å². The second-order valence-corrected chi connectivity index (χ2v) is 6.25. The molecule has 1 amide bonds. The number of imidazole rings is 1. The summed E-state index contributed by atoms with van der Waals surface area (Å²) in [7, 11) is 0. The van der Waals surface area contributed by atoms with Crippen molar-refractivity contribution in [2.45, 2.75) is 13.3 Å². The lowest BCUT2D eigenvalue weighted by Gasteiger charge is -2.09. The molecule has 140 valence electrons. The zero-order valence-corrected chi connectivity index (χ0v) is 15.1. The van der Waals surface area contributed by atoms with Crippen LogP contribution >= 0.6 is 0 Å². The summed E-state index contributed by atoms with van der Waals surface area (Å²) in [5.74, 6) is 0.371. The van der Waals surface area contributed by atoms with Crippen molar-refractivity contribution in [3.8, 4) is 17.1 Å². The first kappa shape index (κ1) is 17.7. The molecule has 28 heavy (non-hydrogen) atoms. The fourth-order valence-corrected chi connectivity index (χ4v) is 2.88. The smallest absolute Gasteiger partial charge is 0.230 e. The first-order valence-electron chi connectivity index (χ1n) is 8.70. The van der Waals surface area contributed by atoms with Gasteiger partial charge in [-0.1, -0.05) is 18.2 Å². The van der Waals surface area contributed by atoms with Crippen LogP contribution in [-0.2, 0) is 11.2 Å². The Bertz CT molecular complexity index is 1120. The number of amides is 1. The van der Waals surface area contributed by atoms with Gasteiger partial charge in [0.15, 0.2) is 0 Å². The maximum atomic E-state index is 14.4. The van der Waals surface area contributed by atoms with Crippen molar-refractivity contribution in [3.05, 3.63) is 84.5 Å². The molecule has 0 aliphatic rings. The molecule has 0 unspecified atom stereocenters. The second kappa shape index (κ2) is 7.48. The van der Waals surface area contributed by atoms with E-state index in [1.54, 1.807) is 36.0 Å². The Morgan fingerprint density at radius 2 is 2.04 bits per heavy atom. The molecule has 1 N–H and O–H groups in total. The van der Waals surface area contributed by atoms with E-state index in [0.717, 1.165) is 5.56 Å². The van der Waals surface area contributed by atoms with E-state index in [1.165, 1.54) is 12.3 Å². The Labute approximate surface area is 160 Å². The van der Waals surface area contributed by atoms with E-state index in [1.807, 2.05) is 30.3 Å². The molecule has 0 aliphatic carbocycles. The Morgan fingerprint density at radius 1 is 1.21 bits per heavy atom. The summed E-state index contributed by atoms with van der Waals surface area (Å²) in [5, 5.41) is 2.68. The molecule has 0 radical (unpaired) electrons. The Morgan fingerprint density at radius 3 is 2.75 bits per heavy atom. The van der Waals surface area contributed by atoms with Gasteiger partial charge >= 0.3 is 0 Å². The highest BCUT2D eigenvalue weighted by atomic mass is 19.1. The van der Waals surface area contributed by atoms with Crippen LogP contribution in [0.1, 0.15) is 11.5 Å². The number of halogens is 1. The lowest BCUT2D eigenvalue weighted by atomic mass is 10.2. The zero-order valence-electron chi connectivity index (χ0n) is 15.1. The molecule has 6 nitrogen and oxygen atoms in total. The SMILES string of the molecule is Cc1nccn1-c1ccc(NC(=O)Cc2coc(-c3ccccc3)n2)cc1F. The third-order valence-corrected chi connectivity index (χ3v) is 4.23. The molecule has 0 atom stereocenters. The van der Waals surface area contributed by atoms with Crippen LogP contribution in [0, 0.1) is 12.7 Å². The highest BCUT2D eigenvalue weighted by Gasteiger charge is 2.12. The van der Waals surface area contributed by atoms with Gasteiger partial charge in [0.1, 0.15) is 17.9 Å². The molecule has 0 aliphatic heterocycles. The van der Waals surface area contributed by atoms with E-state index in [0.29, 0.717) is 28.8 Å². The highest BCUT2D eigenvalue weighted by molar-refractivity contribution is 5.92. The van der Waals surface area contributed by atoms with Crippen molar-refractivity contribution in [1.82, 2.24) is 14.5 Å². The third-order valence-electron chi connectivity index (χ3n) is 4.23. The van der Waals surface area contributed by atoms with Crippen molar-refractivity contribution < 1.29 is 13.6 Å². The quantitative estimate of drug-likeness (QED) is 0.568. The molecule has 2 aromatic heterocycles. The summed E-state index contributed by atoms with van der Waals surface area (Å²) in [6.07, 6.45) is 4.76. The average Bonchev–Trinajstić information content (AvgIpc) is 3.32. The zero-order chi connectivity index (χ0) is 19.5. The summed E-state index contributed by atoms with van der Waals surface area (Å²) in [5.41, 5.74) is 2.08. The van der Waals surface area contributed by atoms with Gasteiger partial charge in [-0.2, -0.15) is 0 Å². The number of nitrogens with one attached hydrogen (secondary N) is 1. The number of benzene rings is 2. The molecule has 0 fully saturated rings. The van der Waals surface area contributed by atoms with Crippen LogP contribution < -0.4 is 5.32 Å². The normalized spacial score (nSPS) is 10.8. The number of hydrogen-bond acceptors (Lipinski definition) is 4. The Balaban J connectivity index is 1.44. The average molecular weight is 376 g/mol. The van der Waals surface area contributed by atoms with Gasteiger partial charge in [-0.15, -0.1) is 0 Å². The van der Waals surface area contributed by atoms with Gasteiger partial charge in [0.2, 0.25) is 11.8 Å². The van der Waals surface area contributed by atoms with E-state index in [-0.39, 0.29) is 12.3 Å². The minimum atomic E-state index is -0.452. The first-order valence-corrected chi connectivity index (χ1v) is 8.70. The van der Waals surface area contributed by atoms with Crippen molar-refractivity contribution in [1.29, 1.82) is 0 Å². The predicted octanol–water partition coefficient (Wildman–Crippen LogP) is 4.16. The first-order chi connectivity index (χ1) is 13.6. The number of carbonyl (C=O) groups is 1. The standard InChI is InChI=1S/C21H17FN4O2/c1-14-23-9-10-26(14)19-8-7-16(11-18(19)22)24-20(27)12-17-13-28-21(25-17)15-5-3-2-4-6-15/h2-11,13H,12H2,1H3,(H,24,27). The molecule has 0 bridgehead atoms. The van der Waals surface area contributed by atoms with Crippen molar-refractivity contribution in [3.63, 3.8) is 0 Å². The van der Waals surface area contributed by atoms with Gasteiger partial charge in [0.25, 0.3) is 0 Å². The largest absolute Gasteiger partial charge is 0.444 e. The lowest BCUT2D eigenvalue weighted by Crippen LogP contribution is -2.15. The molecule has 4 aromatic rings. The van der Waals surface area contributed by atoms with Crippen LogP contribution in [0.4, 0.5) is 10.1 Å². The molecule has 0 saturated heterocycles. The lowest BCUT2D eigenvalue weighted by molar-refractivity contribution is -0.115. The van der Waals surface area contributed by atoms with Crippen molar-refractivity contribution >= 4 is 11.6 Å². The van der Waals surface area contributed by atoms with E-state index in [9.17, 15) is 9.18 Å². The van der Waals surface area contributed by atoms with Gasteiger partial charge in [0.05, 0.1) is 17.8 Å². The minimum absolute atomic E-state index is 0.0281. The van der Waals surface area contributed by atoms with Crippen molar-refractivity contribution in [2.75, 3.05) is 5.32 Å². The van der Waals surface area contributed by atoms with Crippen LogP contribution in [0.2, 0.25) is 0 Å². The number of rotatable bonds is 5. The van der Waals surface area contributed by atoms with E-state index >= 15 is 0 Å². The van der Waals surface area contributed by atoms with Gasteiger partial charge in [-0.3, -0.25) is 4.79 Å². The molecular weight excluding hydrogens is 359 g/mol. The van der Waals surface area contributed by atoms with Gasteiger partial charge in [-0.05, 0) is 37.3 Å². The molecule has 2 heterocycles. The minimum Gasteiger partial charge on any atom is -0.444 e. The fourth-order valence-electron chi connectivity index (χ4n) is 2.88. The predicted molar refractivity (Wildman–Crippen MR) is 103 cm³/mol. The third kappa shape index (κ3) is 3.68. The number of nitrogens with zero attached hydrogens (tertiary/aromatic N) is 3. The summed E-state index contributed by atoms with van der Waals surface area (Å²) in [4.78, 5) is 20.7. The second-order valence-electron chi connectivity index (χ2n) is 6.25. The monoisotopic (exact) mass is 376 g/mol. The maximum absolute atomic E-state index is 14.4. The number of anilines is 1. The van der Waals surface area contributed by atoms with Crippen LogP contribution in [0.3, 0.4) is 0 Å². The summed E-state index contributed by atoms with van der Waals surface area (Å²) >= 11 is 0. The number of carbonyl (C=O) groups excluding carboxylic acids is 1. The van der Waals surface area contributed by atoms with E-state index in [2.05, 4.69) is 15.3 Å². The fraction of sp³-hybridized carbons (Fsp3) is 0.0952. The van der Waals surface area contributed by atoms with E-state index < -0.39 is 5.82 Å². The summed E-state index contributed by atoms with van der Waals surface area (Å²) in [6.45, 7) is 1.79. The van der Waals surface area contributed by atoms with Gasteiger partial charge in [0, 0.05) is 23.6 Å². The van der Waals surface area contributed by atoms with Crippen LogP contribution in [0.25, 0.3) is 17.1 Å². The molecule has 0 spiro atoms. The topological polar surface area (TPSA) is 73.0 Å². The maximum Gasteiger partial charge on any atom is 0.230 e. The summed E-state index contributed by atoms with van der Waals surface area (Å²) in [6, 6.07) is 14.0. The molecular formula is C21H17FN4O2. The molecule has 2 aromatic carbocycles. The Kier molecular flexibility index (Phi) is 4.72. The number of hydrogen-bond donors (Lipinski definition) is 1. The van der Waals surface area contributed by atoms with Gasteiger partial charge < -0.3 is 14.3 Å². The number of aryl methyl sites for hydroxylation is 1. The van der Waals surface area contributed by atoms with Crippen LogP contribution in [-0.4, -0.2) is 20.4 Å². The highest BCUT2D eigenvalue weighted by Crippen LogP contribution is 2.21. The van der Waals surface area contributed by atoms with Gasteiger partial charge in [-0.25, -0.2) is 14.4 Å². The molecule has 0 saturated carbocycles. The number of aromatic nitrogens is 3. The molecule has 7 heteroatoms. The summed E-state index contributed by atoms with van der Waals surface area (Å²) < 4.78 is 21.5. The van der Waals surface area contributed by atoms with Crippen molar-refractivity contribution in [2.24, 2.45) is 0 Å². The van der Waals surface area contributed by atoms with Crippen LogP contribution in [0.5, 0.6) is 0 Å². The van der Waals surface area contributed by atoms with E-state index in [4.69, 9.17) is 4.42 Å².